The maximum Gasteiger partial charge on any atom is 0.306 e. The molecule has 1 rings (SSSR count). The number of esters is 1. The Morgan fingerprint density at radius 1 is 1.80 bits per heavy atom. The summed E-state index contributed by atoms with van der Waals surface area (Å²) in [6.45, 7) is 3.82. The van der Waals surface area contributed by atoms with E-state index in [-0.39, 0.29) is 18.4 Å². The first-order chi connectivity index (χ1) is 7.00. The highest BCUT2D eigenvalue weighted by Crippen LogP contribution is 2.32. The van der Waals surface area contributed by atoms with Crippen molar-refractivity contribution in [3.8, 4) is 0 Å². The zero-order valence-corrected chi connectivity index (χ0v) is 10.0. The summed E-state index contributed by atoms with van der Waals surface area (Å²) in [6.07, 6.45) is 1.98. The molecule has 2 N–H and O–H groups in total. The number of carbonyl (C=O) groups is 1. The van der Waals surface area contributed by atoms with E-state index in [0.717, 1.165) is 5.01 Å². The van der Waals surface area contributed by atoms with Gasteiger partial charge >= 0.3 is 5.97 Å². The molecule has 0 aliphatic heterocycles. The molecule has 1 aromatic rings. The van der Waals surface area contributed by atoms with Crippen molar-refractivity contribution in [2.45, 2.75) is 31.7 Å². The number of ether oxygens (including phenoxy) is 1. The third-order valence-corrected chi connectivity index (χ3v) is 3.72. The van der Waals surface area contributed by atoms with Crippen LogP contribution >= 0.6 is 11.3 Å². The molecule has 0 radical (unpaired) electrons. The van der Waals surface area contributed by atoms with E-state index in [1.807, 2.05) is 19.2 Å². The SMILES string of the molecule is COC(=O)CC(C)(c1nccs1)C(C)N. The summed E-state index contributed by atoms with van der Waals surface area (Å²) in [5.41, 5.74) is 5.48. The summed E-state index contributed by atoms with van der Waals surface area (Å²) in [6, 6.07) is -0.150. The maximum absolute atomic E-state index is 11.3. The number of aromatic nitrogens is 1. The van der Waals surface area contributed by atoms with Crippen LogP contribution in [0.3, 0.4) is 0 Å². The van der Waals surface area contributed by atoms with Crippen molar-refractivity contribution in [2.24, 2.45) is 5.73 Å². The lowest BCUT2D eigenvalue weighted by atomic mass is 9.81. The van der Waals surface area contributed by atoms with E-state index < -0.39 is 5.41 Å². The fourth-order valence-electron chi connectivity index (χ4n) is 1.31. The number of hydrogen-bond donors (Lipinski definition) is 1. The average molecular weight is 228 g/mol. The summed E-state index contributed by atoms with van der Waals surface area (Å²) in [7, 11) is 1.38. The lowest BCUT2D eigenvalue weighted by molar-refractivity contribution is -0.142. The van der Waals surface area contributed by atoms with Crippen molar-refractivity contribution in [1.82, 2.24) is 4.98 Å². The predicted octanol–water partition coefficient (Wildman–Crippen LogP) is 1.31. The normalized spacial score (nSPS) is 16.8. The van der Waals surface area contributed by atoms with Crippen LogP contribution in [0.25, 0.3) is 0 Å². The zero-order valence-electron chi connectivity index (χ0n) is 9.19. The Kier molecular flexibility index (Phi) is 3.82. The van der Waals surface area contributed by atoms with Crippen molar-refractivity contribution in [1.29, 1.82) is 0 Å². The zero-order chi connectivity index (χ0) is 11.5. The van der Waals surface area contributed by atoms with Gasteiger partial charge in [0.05, 0.1) is 13.5 Å². The first kappa shape index (κ1) is 12.1. The molecule has 1 aromatic heterocycles. The number of rotatable bonds is 4. The number of methoxy groups -OCH3 is 1. The molecule has 0 aliphatic rings. The first-order valence-corrected chi connectivity index (χ1v) is 5.61. The van der Waals surface area contributed by atoms with E-state index in [1.165, 1.54) is 18.4 Å². The predicted molar refractivity (Wildman–Crippen MR) is 59.7 cm³/mol. The van der Waals surface area contributed by atoms with Crippen LogP contribution in [0, 0.1) is 0 Å². The smallest absolute Gasteiger partial charge is 0.306 e. The second kappa shape index (κ2) is 4.72. The summed E-state index contributed by atoms with van der Waals surface area (Å²) in [5.74, 6) is -0.259. The van der Waals surface area contributed by atoms with Crippen LogP contribution in [0.1, 0.15) is 25.3 Å². The van der Waals surface area contributed by atoms with Crippen molar-refractivity contribution in [3.05, 3.63) is 16.6 Å². The van der Waals surface area contributed by atoms with Crippen LogP contribution in [-0.2, 0) is 14.9 Å². The molecule has 84 valence electrons. The van der Waals surface area contributed by atoms with E-state index >= 15 is 0 Å². The Bertz CT molecular complexity index is 324. The summed E-state index contributed by atoms with van der Waals surface area (Å²) in [5, 5.41) is 2.76. The molecule has 2 atom stereocenters. The highest BCUT2D eigenvalue weighted by molar-refractivity contribution is 7.09. The number of hydrogen-bond acceptors (Lipinski definition) is 5. The molecule has 0 saturated heterocycles. The monoisotopic (exact) mass is 228 g/mol. The molecule has 15 heavy (non-hydrogen) atoms. The van der Waals surface area contributed by atoms with E-state index in [9.17, 15) is 4.79 Å². The maximum atomic E-state index is 11.3. The van der Waals surface area contributed by atoms with E-state index in [4.69, 9.17) is 5.73 Å². The van der Waals surface area contributed by atoms with Gasteiger partial charge in [0.1, 0.15) is 5.01 Å². The van der Waals surface area contributed by atoms with Crippen LogP contribution in [0.4, 0.5) is 0 Å². The minimum absolute atomic E-state index is 0.150. The second-order valence-corrected chi connectivity index (χ2v) is 4.69. The van der Waals surface area contributed by atoms with Crippen molar-refractivity contribution < 1.29 is 9.53 Å². The molecule has 0 saturated carbocycles. The van der Waals surface area contributed by atoms with E-state index in [1.54, 1.807) is 6.20 Å². The average Bonchev–Trinajstić information content (AvgIpc) is 2.70. The fourth-order valence-corrected chi connectivity index (χ4v) is 2.21. The lowest BCUT2D eigenvalue weighted by Gasteiger charge is -2.30. The van der Waals surface area contributed by atoms with Gasteiger partial charge in [-0.15, -0.1) is 11.3 Å². The number of nitrogens with zero attached hydrogens (tertiary/aromatic N) is 1. The van der Waals surface area contributed by atoms with Crippen molar-refractivity contribution in [2.75, 3.05) is 7.11 Å². The highest BCUT2D eigenvalue weighted by atomic mass is 32.1. The van der Waals surface area contributed by atoms with Gasteiger partial charge in [0.25, 0.3) is 0 Å². The molecule has 2 unspecified atom stereocenters. The van der Waals surface area contributed by atoms with Gasteiger partial charge in [0.15, 0.2) is 0 Å². The second-order valence-electron chi connectivity index (χ2n) is 3.80. The van der Waals surface area contributed by atoms with E-state index in [2.05, 4.69) is 9.72 Å². The Balaban J connectivity index is 2.94. The Morgan fingerprint density at radius 3 is 2.87 bits per heavy atom. The largest absolute Gasteiger partial charge is 0.469 e. The van der Waals surface area contributed by atoms with Crippen molar-refractivity contribution in [3.63, 3.8) is 0 Å². The third-order valence-electron chi connectivity index (χ3n) is 2.67. The third kappa shape index (κ3) is 2.54. The van der Waals surface area contributed by atoms with Crippen LogP contribution < -0.4 is 5.73 Å². The summed E-state index contributed by atoms with van der Waals surface area (Å²) in [4.78, 5) is 15.6. The topological polar surface area (TPSA) is 65.2 Å². The quantitative estimate of drug-likeness (QED) is 0.789. The molecule has 0 spiro atoms. The molecule has 0 fully saturated rings. The van der Waals surface area contributed by atoms with Crippen molar-refractivity contribution >= 4 is 17.3 Å². The molecule has 0 aromatic carbocycles. The molecule has 0 aliphatic carbocycles. The number of thiazole rings is 1. The van der Waals surface area contributed by atoms with Gasteiger partial charge in [-0.05, 0) is 6.92 Å². The van der Waals surface area contributed by atoms with Gasteiger partial charge < -0.3 is 10.5 Å². The van der Waals surface area contributed by atoms with Gasteiger partial charge in [-0.25, -0.2) is 4.98 Å². The molecular formula is C10H16N2O2S. The number of carbonyl (C=O) groups excluding carboxylic acids is 1. The molecule has 4 nitrogen and oxygen atoms in total. The van der Waals surface area contributed by atoms with Crippen LogP contribution in [0.5, 0.6) is 0 Å². The summed E-state index contributed by atoms with van der Waals surface area (Å²) < 4.78 is 4.68. The molecule has 5 heteroatoms. The number of nitrogens with two attached hydrogens (primary N) is 1. The van der Waals surface area contributed by atoms with Gasteiger partial charge in [0.2, 0.25) is 0 Å². The van der Waals surface area contributed by atoms with Gasteiger partial charge in [-0.2, -0.15) is 0 Å². The fraction of sp³-hybridized carbons (Fsp3) is 0.600. The Labute approximate surface area is 93.5 Å². The van der Waals surface area contributed by atoms with Crippen LogP contribution in [0.15, 0.2) is 11.6 Å². The Morgan fingerprint density at radius 2 is 2.47 bits per heavy atom. The minimum atomic E-state index is -0.443. The minimum Gasteiger partial charge on any atom is -0.469 e. The first-order valence-electron chi connectivity index (χ1n) is 4.73. The Hall–Kier alpha value is -0.940. The lowest BCUT2D eigenvalue weighted by Crippen LogP contribution is -2.42. The molecule has 0 amide bonds. The van der Waals surface area contributed by atoms with E-state index in [0.29, 0.717) is 0 Å². The van der Waals surface area contributed by atoms with Crippen LogP contribution in [-0.4, -0.2) is 24.1 Å². The highest BCUT2D eigenvalue weighted by Gasteiger charge is 2.36. The molecular weight excluding hydrogens is 212 g/mol. The van der Waals surface area contributed by atoms with Crippen LogP contribution in [0.2, 0.25) is 0 Å². The molecule has 1 heterocycles. The van der Waals surface area contributed by atoms with Gasteiger partial charge in [-0.3, -0.25) is 4.79 Å². The molecule has 0 bridgehead atoms. The van der Waals surface area contributed by atoms with Gasteiger partial charge in [-0.1, -0.05) is 6.92 Å². The summed E-state index contributed by atoms with van der Waals surface area (Å²) >= 11 is 1.51. The standard InChI is InChI=1S/C10H16N2O2S/c1-7(11)10(2,6-8(13)14-3)9-12-4-5-15-9/h4-5,7H,6,11H2,1-3H3. The van der Waals surface area contributed by atoms with Gasteiger partial charge in [0, 0.05) is 23.0 Å².